The number of nitrogen functional groups attached to an aromatic ring is 1. The van der Waals surface area contributed by atoms with Gasteiger partial charge in [0.25, 0.3) is 0 Å². The monoisotopic (exact) mass is 401 g/mol. The highest BCUT2D eigenvalue weighted by molar-refractivity contribution is 5.81. The number of hydrogen-bond acceptors (Lipinski definition) is 3. The highest BCUT2D eigenvalue weighted by atomic mass is 15.1. The van der Waals surface area contributed by atoms with Crippen LogP contribution in [0.1, 0.15) is 48.2 Å². The number of hydrogen-bond donors (Lipinski definition) is 1. The van der Waals surface area contributed by atoms with Crippen molar-refractivity contribution >= 4 is 23.0 Å². The van der Waals surface area contributed by atoms with Gasteiger partial charge in [-0.2, -0.15) is 0 Å². The summed E-state index contributed by atoms with van der Waals surface area (Å²) in [6.45, 7) is 11.6. The maximum absolute atomic E-state index is 5.80. The lowest BCUT2D eigenvalue weighted by Gasteiger charge is -2.18. The van der Waals surface area contributed by atoms with Gasteiger partial charge in [0.15, 0.2) is 0 Å². The number of nitrogens with zero attached hydrogens (tertiary/aromatic N) is 2. The summed E-state index contributed by atoms with van der Waals surface area (Å²) in [6.07, 6.45) is 5.27. The van der Waals surface area contributed by atoms with Crippen LogP contribution < -0.4 is 10.6 Å². The molecule has 0 bridgehead atoms. The molecule has 0 fully saturated rings. The summed E-state index contributed by atoms with van der Waals surface area (Å²) in [7, 11) is 2.13. The molecule has 1 aromatic heterocycles. The summed E-state index contributed by atoms with van der Waals surface area (Å²) in [5, 5.41) is 0. The fourth-order valence-corrected chi connectivity index (χ4v) is 3.22. The number of benzene rings is 2. The van der Waals surface area contributed by atoms with Crippen molar-refractivity contribution in [3.63, 3.8) is 0 Å². The van der Waals surface area contributed by atoms with E-state index in [0.29, 0.717) is 0 Å². The molecule has 2 N–H and O–H groups in total. The fourth-order valence-electron chi connectivity index (χ4n) is 3.22. The van der Waals surface area contributed by atoms with Gasteiger partial charge in [-0.15, -0.1) is 0 Å². The van der Waals surface area contributed by atoms with Gasteiger partial charge in [0.2, 0.25) is 0 Å². The number of anilines is 2. The van der Waals surface area contributed by atoms with Gasteiger partial charge in [-0.05, 0) is 92.8 Å². The topological polar surface area (TPSA) is 42.1 Å². The van der Waals surface area contributed by atoms with Crippen molar-refractivity contribution in [3.8, 4) is 0 Å². The molecule has 0 saturated heterocycles. The number of nitrogens with two attached hydrogens (primary N) is 1. The maximum atomic E-state index is 5.80. The Hall–Kier alpha value is -3.07. The van der Waals surface area contributed by atoms with Gasteiger partial charge in [0, 0.05) is 36.9 Å². The summed E-state index contributed by atoms with van der Waals surface area (Å²) >= 11 is 0. The molecule has 0 atom stereocenters. The lowest BCUT2D eigenvalue weighted by molar-refractivity contribution is 0.852. The Kier molecular flexibility index (Phi) is 8.67. The van der Waals surface area contributed by atoms with Crippen molar-refractivity contribution < 1.29 is 0 Å². The van der Waals surface area contributed by atoms with Crippen molar-refractivity contribution in [2.75, 3.05) is 24.2 Å². The van der Waals surface area contributed by atoms with Gasteiger partial charge < -0.3 is 10.6 Å². The summed E-state index contributed by atoms with van der Waals surface area (Å²) in [6, 6.07) is 18.7. The van der Waals surface area contributed by atoms with Gasteiger partial charge in [0.1, 0.15) is 0 Å². The van der Waals surface area contributed by atoms with E-state index in [2.05, 4.69) is 87.1 Å². The van der Waals surface area contributed by atoms with E-state index in [1.165, 1.54) is 28.8 Å². The van der Waals surface area contributed by atoms with E-state index in [-0.39, 0.29) is 0 Å². The van der Waals surface area contributed by atoms with E-state index >= 15 is 0 Å². The molecule has 0 radical (unpaired) electrons. The third-order valence-electron chi connectivity index (χ3n) is 5.04. The molecular formula is C27H35N3. The minimum absolute atomic E-state index is 0.791. The largest absolute Gasteiger partial charge is 0.399 e. The minimum atomic E-state index is 0.791. The lowest BCUT2D eigenvalue weighted by atomic mass is 10.0. The number of aryl methyl sites for hydroxylation is 3. The molecule has 0 spiro atoms. The average Bonchev–Trinajstić information content (AvgIpc) is 2.71. The molecule has 0 aliphatic heterocycles. The third kappa shape index (κ3) is 7.07. The second-order valence-electron chi connectivity index (χ2n) is 7.89. The molecule has 3 rings (SSSR count). The summed E-state index contributed by atoms with van der Waals surface area (Å²) in [4.78, 5) is 6.61. The first-order valence-corrected chi connectivity index (χ1v) is 10.6. The fraction of sp³-hybridized carbons (Fsp3) is 0.296. The van der Waals surface area contributed by atoms with Crippen LogP contribution in [-0.4, -0.2) is 18.6 Å². The van der Waals surface area contributed by atoms with E-state index in [1.807, 2.05) is 31.3 Å². The molecular weight excluding hydrogens is 366 g/mol. The molecule has 2 aromatic carbocycles. The van der Waals surface area contributed by atoms with Crippen LogP contribution in [0.4, 0.5) is 11.4 Å². The van der Waals surface area contributed by atoms with E-state index < -0.39 is 0 Å². The smallest absolute Gasteiger partial charge is 0.0375 e. The third-order valence-corrected chi connectivity index (χ3v) is 5.04. The van der Waals surface area contributed by atoms with Crippen LogP contribution in [0.5, 0.6) is 0 Å². The molecule has 1 heterocycles. The van der Waals surface area contributed by atoms with Crippen molar-refractivity contribution in [1.82, 2.24) is 4.98 Å². The molecule has 0 unspecified atom stereocenters. The van der Waals surface area contributed by atoms with Gasteiger partial charge in [-0.3, -0.25) is 4.98 Å². The lowest BCUT2D eigenvalue weighted by Crippen LogP contribution is -2.17. The molecule has 30 heavy (non-hydrogen) atoms. The summed E-state index contributed by atoms with van der Waals surface area (Å²) in [5.74, 6) is 0. The van der Waals surface area contributed by atoms with E-state index in [0.717, 1.165) is 29.1 Å². The van der Waals surface area contributed by atoms with Crippen LogP contribution in [0.2, 0.25) is 0 Å². The second-order valence-corrected chi connectivity index (χ2v) is 7.89. The van der Waals surface area contributed by atoms with Gasteiger partial charge >= 0.3 is 0 Å². The highest BCUT2D eigenvalue weighted by Gasteiger charge is 2.00. The zero-order chi connectivity index (χ0) is 22.1. The number of rotatable bonds is 5. The first-order chi connectivity index (χ1) is 14.3. The first-order valence-electron chi connectivity index (χ1n) is 10.6. The van der Waals surface area contributed by atoms with Gasteiger partial charge in [-0.1, -0.05) is 36.8 Å². The second kappa shape index (κ2) is 11.2. The Morgan fingerprint density at radius 2 is 1.73 bits per heavy atom. The van der Waals surface area contributed by atoms with Crippen molar-refractivity contribution in [1.29, 1.82) is 0 Å². The molecule has 3 aromatic rings. The van der Waals surface area contributed by atoms with Crippen molar-refractivity contribution in [2.24, 2.45) is 0 Å². The molecule has 158 valence electrons. The summed E-state index contributed by atoms with van der Waals surface area (Å²) in [5.41, 5.74) is 15.0. The Balaban J connectivity index is 0.000000232. The van der Waals surface area contributed by atoms with Gasteiger partial charge in [-0.25, -0.2) is 0 Å². The van der Waals surface area contributed by atoms with Crippen molar-refractivity contribution in [3.05, 3.63) is 88.7 Å². The molecule has 0 saturated carbocycles. The standard InChI is InChI=1S/C16H18N2.C11H17N/c1-11-7-13(3)18-10-15(11)8-12(2)14-5-4-6-16(17)9-14;1-4-9-12(3)11-7-5-10(2)6-8-11/h4-10H,17H2,1-3H3;5-8H,4,9H2,1-3H3/b12-8+;. The van der Waals surface area contributed by atoms with Crippen LogP contribution in [0, 0.1) is 20.8 Å². The van der Waals surface area contributed by atoms with Crippen LogP contribution in [0.3, 0.4) is 0 Å². The number of allylic oxidation sites excluding steroid dienone is 1. The van der Waals surface area contributed by atoms with E-state index in [4.69, 9.17) is 5.73 Å². The minimum Gasteiger partial charge on any atom is -0.399 e. The van der Waals surface area contributed by atoms with Crippen LogP contribution in [0.15, 0.2) is 60.8 Å². The van der Waals surface area contributed by atoms with Crippen LogP contribution in [-0.2, 0) is 0 Å². The Morgan fingerprint density at radius 1 is 1.03 bits per heavy atom. The highest BCUT2D eigenvalue weighted by Crippen LogP contribution is 2.21. The number of aromatic nitrogens is 1. The predicted molar refractivity (Wildman–Crippen MR) is 133 cm³/mol. The Labute approximate surface area is 182 Å². The first kappa shape index (κ1) is 23.2. The molecule has 0 aliphatic carbocycles. The average molecular weight is 402 g/mol. The Bertz CT molecular complexity index is 972. The zero-order valence-corrected chi connectivity index (χ0v) is 19.2. The number of pyridine rings is 1. The van der Waals surface area contributed by atoms with Crippen molar-refractivity contribution in [2.45, 2.75) is 41.0 Å². The summed E-state index contributed by atoms with van der Waals surface area (Å²) < 4.78 is 0. The van der Waals surface area contributed by atoms with Crippen LogP contribution >= 0.6 is 0 Å². The quantitative estimate of drug-likeness (QED) is 0.485. The van der Waals surface area contributed by atoms with E-state index in [1.54, 1.807) is 0 Å². The Morgan fingerprint density at radius 3 is 2.33 bits per heavy atom. The maximum Gasteiger partial charge on any atom is 0.0375 e. The molecule has 0 amide bonds. The predicted octanol–water partition coefficient (Wildman–Crippen LogP) is 6.68. The van der Waals surface area contributed by atoms with Gasteiger partial charge in [0.05, 0.1) is 0 Å². The normalized spacial score (nSPS) is 10.9. The zero-order valence-electron chi connectivity index (χ0n) is 19.2. The molecule has 0 aliphatic rings. The SMILES string of the molecule is C/C(=C\c1cnc(C)cc1C)c1cccc(N)c1.CCCN(C)c1ccc(C)cc1. The molecule has 3 nitrogen and oxygen atoms in total. The van der Waals surface area contributed by atoms with E-state index in [9.17, 15) is 0 Å². The molecule has 3 heteroatoms. The van der Waals surface area contributed by atoms with Crippen LogP contribution in [0.25, 0.3) is 11.6 Å².